The number of rotatable bonds is 12. The average molecular weight is 638 g/mol. The van der Waals surface area contributed by atoms with E-state index in [-0.39, 0.29) is 24.3 Å². The van der Waals surface area contributed by atoms with Gasteiger partial charge in [0.25, 0.3) is 11.8 Å². The summed E-state index contributed by atoms with van der Waals surface area (Å²) in [5.74, 6) is 0.306. The first-order valence-electron chi connectivity index (χ1n) is 16.4. The third kappa shape index (κ3) is 8.24. The van der Waals surface area contributed by atoms with Gasteiger partial charge < -0.3 is 20.0 Å². The third-order valence-electron chi connectivity index (χ3n) is 9.57. The van der Waals surface area contributed by atoms with Crippen LogP contribution in [0.5, 0.6) is 0 Å². The molecule has 45 heavy (non-hydrogen) atoms. The van der Waals surface area contributed by atoms with E-state index in [4.69, 9.17) is 0 Å². The number of carbonyl (C=O) groups excluding carboxylic acids is 3. The molecule has 3 aliphatic rings. The van der Waals surface area contributed by atoms with Gasteiger partial charge in [-0.3, -0.25) is 14.4 Å². The molecule has 2 saturated heterocycles. The molecule has 244 valence electrons. The van der Waals surface area contributed by atoms with Crippen LogP contribution in [-0.2, 0) is 19.6 Å². The molecule has 0 unspecified atom stereocenters. The van der Waals surface area contributed by atoms with Crippen LogP contribution in [0, 0.1) is 0 Å². The summed E-state index contributed by atoms with van der Waals surface area (Å²) in [6.45, 7) is 2.05. The van der Waals surface area contributed by atoms with Crippen LogP contribution in [0.15, 0.2) is 54.6 Å². The maximum atomic E-state index is 14.0. The van der Waals surface area contributed by atoms with E-state index in [1.54, 1.807) is 4.90 Å². The molecule has 0 bridgehead atoms. The van der Waals surface area contributed by atoms with Gasteiger partial charge in [-0.25, -0.2) is 13.1 Å². The van der Waals surface area contributed by atoms with Crippen LogP contribution >= 0.6 is 0 Å². The normalized spacial score (nSPS) is 18.9. The van der Waals surface area contributed by atoms with Crippen molar-refractivity contribution in [3.8, 4) is 0 Å². The monoisotopic (exact) mass is 637 g/mol. The summed E-state index contributed by atoms with van der Waals surface area (Å²) in [4.78, 5) is 45.9. The first kappa shape index (κ1) is 32.9. The van der Waals surface area contributed by atoms with Gasteiger partial charge in [0.2, 0.25) is 15.9 Å². The summed E-state index contributed by atoms with van der Waals surface area (Å²) in [5, 5.41) is 2.91. The minimum Gasteiger partial charge on any atom is -0.355 e. The number of hydrogen-bond acceptors (Lipinski definition) is 6. The van der Waals surface area contributed by atoms with Gasteiger partial charge in [0.15, 0.2) is 0 Å². The second-order valence-electron chi connectivity index (χ2n) is 12.8. The number of benzene rings is 2. The number of hydrogen-bond donors (Lipinski definition) is 2. The average Bonchev–Trinajstić information content (AvgIpc) is 3.30. The van der Waals surface area contributed by atoms with E-state index < -0.39 is 15.6 Å². The number of nitrogens with one attached hydrogen (secondary N) is 2. The SMILES string of the molecule is CS(=O)(=O)NCCCCCNC(=O)CN1CN(c2ccccc2)C2(CCN(C(=O)c3ccc(C4CCCCC4)cc3)CC2)C1=O. The number of amides is 3. The maximum Gasteiger partial charge on any atom is 0.253 e. The van der Waals surface area contributed by atoms with Crippen molar-refractivity contribution in [2.24, 2.45) is 0 Å². The summed E-state index contributed by atoms with van der Waals surface area (Å²) >= 11 is 0. The Bertz CT molecular complexity index is 1420. The maximum absolute atomic E-state index is 14.0. The van der Waals surface area contributed by atoms with Crippen molar-refractivity contribution in [1.82, 2.24) is 19.8 Å². The molecule has 3 amide bonds. The molecule has 2 aromatic rings. The smallest absolute Gasteiger partial charge is 0.253 e. The molecule has 11 heteroatoms. The molecule has 2 heterocycles. The van der Waals surface area contributed by atoms with Crippen LogP contribution < -0.4 is 14.9 Å². The van der Waals surface area contributed by atoms with Gasteiger partial charge in [-0.2, -0.15) is 0 Å². The minimum atomic E-state index is -3.19. The molecule has 2 aromatic carbocycles. The highest BCUT2D eigenvalue weighted by Crippen LogP contribution is 2.40. The van der Waals surface area contributed by atoms with Crippen molar-refractivity contribution >= 4 is 33.4 Å². The van der Waals surface area contributed by atoms with Gasteiger partial charge in [0.05, 0.1) is 12.9 Å². The Kier molecular flexibility index (Phi) is 10.8. The van der Waals surface area contributed by atoms with Gasteiger partial charge in [-0.1, -0.05) is 56.0 Å². The zero-order valence-corrected chi connectivity index (χ0v) is 27.2. The standard InChI is InChI=1S/C34H47N5O5S/c1-45(43,44)36-22-10-4-9-21-35-31(40)25-38-26-39(30-13-7-3-8-14-30)34(33(38)42)19-23-37(24-20-34)32(41)29-17-15-28(16-18-29)27-11-5-2-6-12-27/h3,7-8,13-18,27,36H,2,4-6,9-12,19-26H2,1H3,(H,35,40). The van der Waals surface area contributed by atoms with E-state index >= 15 is 0 Å². The minimum absolute atomic E-state index is 0.0000785. The number of sulfonamides is 1. The van der Waals surface area contributed by atoms with Crippen LogP contribution in [0.1, 0.15) is 86.0 Å². The van der Waals surface area contributed by atoms with Gasteiger partial charge in [0, 0.05) is 37.4 Å². The molecule has 10 nitrogen and oxygen atoms in total. The topological polar surface area (TPSA) is 119 Å². The van der Waals surface area contributed by atoms with Crippen molar-refractivity contribution in [3.05, 3.63) is 65.7 Å². The molecular formula is C34H47N5O5S. The van der Waals surface area contributed by atoms with E-state index in [0.717, 1.165) is 24.8 Å². The van der Waals surface area contributed by atoms with Crippen molar-refractivity contribution < 1.29 is 22.8 Å². The van der Waals surface area contributed by atoms with E-state index in [1.807, 2.05) is 47.4 Å². The van der Waals surface area contributed by atoms with E-state index in [0.29, 0.717) is 63.6 Å². The summed E-state index contributed by atoms with van der Waals surface area (Å²) < 4.78 is 24.8. The fourth-order valence-electron chi connectivity index (χ4n) is 7.06. The van der Waals surface area contributed by atoms with E-state index in [9.17, 15) is 22.8 Å². The van der Waals surface area contributed by atoms with Crippen molar-refractivity contribution in [2.75, 3.05) is 50.5 Å². The lowest BCUT2D eigenvalue weighted by Gasteiger charge is -2.43. The first-order valence-corrected chi connectivity index (χ1v) is 18.3. The summed E-state index contributed by atoms with van der Waals surface area (Å²) in [7, 11) is -3.19. The molecule has 0 radical (unpaired) electrons. The van der Waals surface area contributed by atoms with E-state index in [2.05, 4.69) is 27.1 Å². The van der Waals surface area contributed by atoms with Crippen LogP contribution in [0.25, 0.3) is 0 Å². The Balaban J connectivity index is 1.17. The lowest BCUT2D eigenvalue weighted by molar-refractivity contribution is -0.137. The molecule has 0 atom stereocenters. The Labute approximate surface area is 267 Å². The van der Waals surface area contributed by atoms with Crippen molar-refractivity contribution in [1.29, 1.82) is 0 Å². The number of unbranched alkanes of at least 4 members (excludes halogenated alkanes) is 2. The number of likely N-dealkylation sites (tertiary alicyclic amines) is 1. The fourth-order valence-corrected chi connectivity index (χ4v) is 7.57. The van der Waals surface area contributed by atoms with E-state index in [1.165, 1.54) is 37.7 Å². The Morgan fingerprint density at radius 3 is 2.22 bits per heavy atom. The molecule has 1 saturated carbocycles. The number of anilines is 1. The van der Waals surface area contributed by atoms with Gasteiger partial charge in [-0.15, -0.1) is 0 Å². The third-order valence-corrected chi connectivity index (χ3v) is 10.3. The van der Waals surface area contributed by atoms with Crippen molar-refractivity contribution in [3.63, 3.8) is 0 Å². The number of nitrogens with zero attached hydrogens (tertiary/aromatic N) is 3. The quantitative estimate of drug-likeness (QED) is 0.342. The molecule has 3 fully saturated rings. The summed E-state index contributed by atoms with van der Waals surface area (Å²) in [6, 6.07) is 18.0. The Morgan fingerprint density at radius 1 is 0.889 bits per heavy atom. The Morgan fingerprint density at radius 2 is 1.56 bits per heavy atom. The second-order valence-corrected chi connectivity index (χ2v) is 14.6. The number of piperidine rings is 1. The molecule has 1 aliphatic carbocycles. The lowest BCUT2D eigenvalue weighted by Crippen LogP contribution is -2.57. The number of carbonyl (C=O) groups is 3. The fraction of sp³-hybridized carbons (Fsp3) is 0.559. The van der Waals surface area contributed by atoms with Crippen molar-refractivity contribution in [2.45, 2.75) is 75.7 Å². The molecule has 2 aliphatic heterocycles. The molecule has 2 N–H and O–H groups in total. The van der Waals surface area contributed by atoms with Gasteiger partial charge in [0.1, 0.15) is 12.1 Å². The highest BCUT2D eigenvalue weighted by atomic mass is 32.2. The van der Waals surface area contributed by atoms with Crippen LogP contribution in [-0.4, -0.2) is 87.1 Å². The molecule has 5 rings (SSSR count). The molecule has 0 aromatic heterocycles. The number of para-hydroxylation sites is 1. The highest BCUT2D eigenvalue weighted by Gasteiger charge is 2.54. The largest absolute Gasteiger partial charge is 0.355 e. The second kappa shape index (κ2) is 14.8. The molecular weight excluding hydrogens is 590 g/mol. The van der Waals surface area contributed by atoms with Gasteiger partial charge in [-0.05, 0) is 74.3 Å². The Hall–Kier alpha value is -3.44. The highest BCUT2D eigenvalue weighted by molar-refractivity contribution is 7.88. The van der Waals surface area contributed by atoms with Crippen LogP contribution in [0.2, 0.25) is 0 Å². The first-order chi connectivity index (χ1) is 21.7. The van der Waals surface area contributed by atoms with Crippen LogP contribution in [0.3, 0.4) is 0 Å². The zero-order valence-electron chi connectivity index (χ0n) is 26.4. The predicted octanol–water partition coefficient (Wildman–Crippen LogP) is 3.85. The lowest BCUT2D eigenvalue weighted by atomic mass is 9.83. The summed E-state index contributed by atoms with van der Waals surface area (Å²) in [5.41, 5.74) is 2.13. The van der Waals surface area contributed by atoms with Crippen LogP contribution in [0.4, 0.5) is 5.69 Å². The van der Waals surface area contributed by atoms with Gasteiger partial charge >= 0.3 is 0 Å². The zero-order chi connectivity index (χ0) is 31.9. The molecule has 1 spiro atoms. The summed E-state index contributed by atoms with van der Waals surface area (Å²) in [6.07, 6.45) is 10.6. The predicted molar refractivity (Wildman–Crippen MR) is 175 cm³/mol.